The maximum Gasteiger partial charge on any atom is 0.416 e. The van der Waals surface area contributed by atoms with Crippen molar-refractivity contribution in [2.75, 3.05) is 18.5 Å². The maximum absolute atomic E-state index is 13.0. The van der Waals surface area contributed by atoms with Gasteiger partial charge < -0.3 is 14.8 Å². The van der Waals surface area contributed by atoms with Gasteiger partial charge in [0.25, 0.3) is 5.91 Å². The Balaban J connectivity index is 1.82. The normalized spacial score (nSPS) is 17.0. The molecule has 1 aliphatic rings. The van der Waals surface area contributed by atoms with Crippen molar-refractivity contribution >= 4 is 23.2 Å². The molecule has 0 spiro atoms. The van der Waals surface area contributed by atoms with Crippen LogP contribution < -0.4 is 10.1 Å². The predicted octanol–water partition coefficient (Wildman–Crippen LogP) is 5.17. The summed E-state index contributed by atoms with van der Waals surface area (Å²) in [6.07, 6.45) is -2.90. The summed E-state index contributed by atoms with van der Waals surface area (Å²) in [4.78, 5) is 12.4. The minimum atomic E-state index is -4.53. The molecule has 2 aromatic carbocycles. The number of anilines is 1. The molecule has 1 aliphatic heterocycles. The molecule has 27 heavy (non-hydrogen) atoms. The highest BCUT2D eigenvalue weighted by Gasteiger charge is 2.31. The fourth-order valence-corrected chi connectivity index (χ4v) is 2.81. The number of benzene rings is 2. The first-order valence-electron chi connectivity index (χ1n) is 8.35. The van der Waals surface area contributed by atoms with Gasteiger partial charge in [-0.15, -0.1) is 0 Å². The summed E-state index contributed by atoms with van der Waals surface area (Å²) in [6, 6.07) is 9.00. The second-order valence-corrected chi connectivity index (χ2v) is 6.55. The van der Waals surface area contributed by atoms with E-state index in [1.54, 1.807) is 0 Å². The number of hydrogen-bond donors (Lipinski definition) is 1. The monoisotopic (exact) mass is 399 g/mol. The summed E-state index contributed by atoms with van der Waals surface area (Å²) in [5, 5.41) is 2.94. The van der Waals surface area contributed by atoms with E-state index in [0.29, 0.717) is 11.6 Å². The van der Waals surface area contributed by atoms with Crippen molar-refractivity contribution in [3.63, 3.8) is 0 Å². The summed E-state index contributed by atoms with van der Waals surface area (Å²) in [6.45, 7) is 0.844. The molecule has 1 fully saturated rings. The van der Waals surface area contributed by atoms with Crippen LogP contribution in [0.5, 0.6) is 5.75 Å². The third-order valence-corrected chi connectivity index (χ3v) is 4.36. The molecule has 0 unspecified atom stereocenters. The zero-order chi connectivity index (χ0) is 19.4. The van der Waals surface area contributed by atoms with Gasteiger partial charge in [0.2, 0.25) is 0 Å². The van der Waals surface area contributed by atoms with E-state index in [0.717, 1.165) is 25.0 Å². The molecule has 8 heteroatoms. The summed E-state index contributed by atoms with van der Waals surface area (Å²) in [7, 11) is 0. The first kappa shape index (κ1) is 19.5. The van der Waals surface area contributed by atoms with Gasteiger partial charge >= 0.3 is 6.18 Å². The summed E-state index contributed by atoms with van der Waals surface area (Å²) in [5.41, 5.74) is -0.664. The third kappa shape index (κ3) is 5.14. The van der Waals surface area contributed by atoms with E-state index in [1.165, 1.54) is 30.3 Å². The number of amides is 1. The van der Waals surface area contributed by atoms with Crippen LogP contribution in [-0.2, 0) is 10.9 Å². The third-order valence-electron chi connectivity index (χ3n) is 4.11. The van der Waals surface area contributed by atoms with Gasteiger partial charge in [-0.3, -0.25) is 4.79 Å². The second kappa shape index (κ2) is 8.19. The Morgan fingerprint density at radius 3 is 2.59 bits per heavy atom. The number of carbonyl (C=O) groups excluding carboxylic acids is 1. The summed E-state index contributed by atoms with van der Waals surface area (Å²) in [5.74, 6) is -0.409. The molecule has 1 amide bonds. The van der Waals surface area contributed by atoms with Gasteiger partial charge in [0.1, 0.15) is 12.4 Å². The fraction of sp³-hybridized carbons (Fsp3) is 0.316. The quantitative estimate of drug-likeness (QED) is 0.754. The Hall–Kier alpha value is -2.25. The average molecular weight is 400 g/mol. The molecule has 1 N–H and O–H groups in total. The van der Waals surface area contributed by atoms with E-state index in [-0.39, 0.29) is 29.7 Å². The Kier molecular flexibility index (Phi) is 5.92. The maximum atomic E-state index is 13.0. The fourth-order valence-electron chi connectivity index (χ4n) is 2.68. The molecule has 3 rings (SSSR count). The van der Waals surface area contributed by atoms with Gasteiger partial charge in [0, 0.05) is 17.2 Å². The SMILES string of the molecule is O=C(Nc1cc(C(F)(F)F)ccc1OC[C@@H]1CCCO1)c1ccc(Cl)cc1. The minimum absolute atomic E-state index is 0.0530. The number of hydrogen-bond acceptors (Lipinski definition) is 3. The van der Waals surface area contributed by atoms with Gasteiger partial charge in [-0.25, -0.2) is 0 Å². The number of rotatable bonds is 5. The molecule has 1 saturated heterocycles. The van der Waals surface area contributed by atoms with Crippen LogP contribution in [0.3, 0.4) is 0 Å². The topological polar surface area (TPSA) is 47.6 Å². The van der Waals surface area contributed by atoms with Crippen LogP contribution in [0, 0.1) is 0 Å². The van der Waals surface area contributed by atoms with Crippen molar-refractivity contribution in [3.8, 4) is 5.75 Å². The first-order chi connectivity index (χ1) is 12.8. The number of alkyl halides is 3. The van der Waals surface area contributed by atoms with Crippen molar-refractivity contribution in [3.05, 3.63) is 58.6 Å². The van der Waals surface area contributed by atoms with Crippen LogP contribution in [0.25, 0.3) is 0 Å². The molecule has 1 heterocycles. The molecule has 144 valence electrons. The van der Waals surface area contributed by atoms with Gasteiger partial charge in [-0.1, -0.05) is 11.6 Å². The van der Waals surface area contributed by atoms with Crippen LogP contribution in [-0.4, -0.2) is 25.2 Å². The standard InChI is InChI=1S/C19H17ClF3NO3/c20-14-6-3-12(4-7-14)18(25)24-16-10-13(19(21,22)23)5-8-17(16)27-11-15-2-1-9-26-15/h3-8,10,15H,1-2,9,11H2,(H,24,25)/t15-/m0/s1. The van der Waals surface area contributed by atoms with E-state index in [4.69, 9.17) is 21.1 Å². The zero-order valence-corrected chi connectivity index (χ0v) is 14.9. The zero-order valence-electron chi connectivity index (χ0n) is 14.2. The highest BCUT2D eigenvalue weighted by Crippen LogP contribution is 2.35. The molecular weight excluding hydrogens is 383 g/mol. The molecule has 1 atom stereocenters. The smallest absolute Gasteiger partial charge is 0.416 e. The van der Waals surface area contributed by atoms with Crippen LogP contribution in [0.4, 0.5) is 18.9 Å². The van der Waals surface area contributed by atoms with E-state index in [9.17, 15) is 18.0 Å². The largest absolute Gasteiger partial charge is 0.489 e. The van der Waals surface area contributed by atoms with Gasteiger partial charge in [-0.05, 0) is 55.3 Å². The first-order valence-corrected chi connectivity index (χ1v) is 8.73. The minimum Gasteiger partial charge on any atom is -0.489 e. The lowest BCUT2D eigenvalue weighted by atomic mass is 10.1. The van der Waals surface area contributed by atoms with E-state index in [1.807, 2.05) is 0 Å². The Morgan fingerprint density at radius 1 is 1.22 bits per heavy atom. The van der Waals surface area contributed by atoms with Crippen molar-refractivity contribution in [1.29, 1.82) is 0 Å². The summed E-state index contributed by atoms with van der Waals surface area (Å²) >= 11 is 5.79. The average Bonchev–Trinajstić information content (AvgIpc) is 3.14. The Morgan fingerprint density at radius 2 is 1.96 bits per heavy atom. The molecule has 0 aliphatic carbocycles. The van der Waals surface area contributed by atoms with Crippen LogP contribution in [0.2, 0.25) is 5.02 Å². The molecule has 0 aromatic heterocycles. The van der Waals surface area contributed by atoms with E-state index >= 15 is 0 Å². The predicted molar refractivity (Wildman–Crippen MR) is 95.3 cm³/mol. The molecule has 0 bridgehead atoms. The van der Waals surface area contributed by atoms with Gasteiger partial charge in [-0.2, -0.15) is 13.2 Å². The Labute approximate surface area is 159 Å². The lowest BCUT2D eigenvalue weighted by Crippen LogP contribution is -2.18. The Bertz CT molecular complexity index is 803. The van der Waals surface area contributed by atoms with Crippen LogP contribution >= 0.6 is 11.6 Å². The van der Waals surface area contributed by atoms with Crippen molar-refractivity contribution in [2.45, 2.75) is 25.1 Å². The molecule has 0 radical (unpaired) electrons. The highest BCUT2D eigenvalue weighted by atomic mass is 35.5. The van der Waals surface area contributed by atoms with E-state index < -0.39 is 17.6 Å². The lowest BCUT2D eigenvalue weighted by Gasteiger charge is -2.17. The number of carbonyl (C=O) groups is 1. The molecule has 4 nitrogen and oxygen atoms in total. The van der Waals surface area contributed by atoms with Crippen LogP contribution in [0.15, 0.2) is 42.5 Å². The van der Waals surface area contributed by atoms with Crippen molar-refractivity contribution in [1.82, 2.24) is 0 Å². The number of ether oxygens (including phenoxy) is 2. The van der Waals surface area contributed by atoms with E-state index in [2.05, 4.69) is 5.32 Å². The molecule has 2 aromatic rings. The number of nitrogens with one attached hydrogen (secondary N) is 1. The highest BCUT2D eigenvalue weighted by molar-refractivity contribution is 6.30. The van der Waals surface area contributed by atoms with Gasteiger partial charge in [0.15, 0.2) is 0 Å². The van der Waals surface area contributed by atoms with Crippen molar-refractivity contribution < 1.29 is 27.4 Å². The number of halogens is 4. The van der Waals surface area contributed by atoms with Crippen molar-refractivity contribution in [2.24, 2.45) is 0 Å². The lowest BCUT2D eigenvalue weighted by molar-refractivity contribution is -0.137. The summed E-state index contributed by atoms with van der Waals surface area (Å²) < 4.78 is 50.2. The molecular formula is C19H17ClF3NO3. The van der Waals surface area contributed by atoms with Gasteiger partial charge in [0.05, 0.1) is 17.4 Å². The second-order valence-electron chi connectivity index (χ2n) is 6.12. The van der Waals surface area contributed by atoms with Crippen LogP contribution in [0.1, 0.15) is 28.8 Å². The molecule has 0 saturated carbocycles.